The maximum Gasteiger partial charge on any atom is 0.360 e. The number of aliphatic hydroxyl groups excluding tert-OH is 1. The van der Waals surface area contributed by atoms with Gasteiger partial charge in [0.2, 0.25) is 0 Å². The minimum absolute atomic E-state index is 0.000908. The average molecular weight is 269 g/mol. The third kappa shape index (κ3) is 3.51. The number of hydrogen-bond donors (Lipinski definition) is 1. The number of aromatic nitrogens is 3. The van der Waals surface area contributed by atoms with Crippen molar-refractivity contribution >= 4 is 5.97 Å². The number of carbonyl (C=O) groups excluding carboxylic acids is 1. The third-order valence-electron chi connectivity index (χ3n) is 2.89. The molecule has 0 radical (unpaired) electrons. The average Bonchev–Trinajstić information content (AvgIpc) is 3.15. The Morgan fingerprint density at radius 1 is 1.47 bits per heavy atom. The van der Waals surface area contributed by atoms with Gasteiger partial charge in [-0.2, -0.15) is 0 Å². The lowest BCUT2D eigenvalue weighted by molar-refractivity contribution is 0.0517. The number of ether oxygens (including phenoxy) is 2. The lowest BCUT2D eigenvalue weighted by Crippen LogP contribution is -2.13. The van der Waals surface area contributed by atoms with Crippen LogP contribution in [0.3, 0.4) is 0 Å². The van der Waals surface area contributed by atoms with Crippen LogP contribution in [0.5, 0.6) is 0 Å². The SMILES string of the molecule is CCOC(=O)c1nnn(CCOCCO)c1C1CC1. The normalized spacial score (nSPS) is 14.6. The fraction of sp³-hybridized carbons (Fsp3) is 0.750. The molecule has 1 aromatic heterocycles. The minimum Gasteiger partial charge on any atom is -0.461 e. The van der Waals surface area contributed by atoms with Gasteiger partial charge >= 0.3 is 5.97 Å². The van der Waals surface area contributed by atoms with E-state index in [9.17, 15) is 4.79 Å². The Hall–Kier alpha value is -1.47. The van der Waals surface area contributed by atoms with Crippen molar-refractivity contribution in [3.05, 3.63) is 11.4 Å². The molecule has 0 amide bonds. The van der Waals surface area contributed by atoms with E-state index < -0.39 is 5.97 Å². The van der Waals surface area contributed by atoms with Gasteiger partial charge in [0.25, 0.3) is 0 Å². The number of hydrogen-bond acceptors (Lipinski definition) is 6. The van der Waals surface area contributed by atoms with E-state index in [0.717, 1.165) is 18.5 Å². The van der Waals surface area contributed by atoms with Crippen LogP contribution in [0.25, 0.3) is 0 Å². The van der Waals surface area contributed by atoms with Crippen LogP contribution in [-0.4, -0.2) is 52.5 Å². The summed E-state index contributed by atoms with van der Waals surface area (Å²) in [5.74, 6) is -0.0563. The molecule has 19 heavy (non-hydrogen) atoms. The van der Waals surface area contributed by atoms with E-state index in [1.807, 2.05) is 0 Å². The van der Waals surface area contributed by atoms with Crippen molar-refractivity contribution in [2.24, 2.45) is 0 Å². The zero-order chi connectivity index (χ0) is 13.7. The highest BCUT2D eigenvalue weighted by Gasteiger charge is 2.34. The summed E-state index contributed by atoms with van der Waals surface area (Å²) in [5, 5.41) is 16.6. The summed E-state index contributed by atoms with van der Waals surface area (Å²) >= 11 is 0. The highest BCUT2D eigenvalue weighted by Crippen LogP contribution is 2.41. The lowest BCUT2D eigenvalue weighted by Gasteiger charge is -2.07. The molecule has 0 aromatic carbocycles. The molecular weight excluding hydrogens is 250 g/mol. The number of carbonyl (C=O) groups is 1. The maximum atomic E-state index is 11.8. The minimum atomic E-state index is -0.410. The first-order chi connectivity index (χ1) is 9.27. The molecule has 1 aromatic rings. The summed E-state index contributed by atoms with van der Waals surface area (Å²) in [4.78, 5) is 11.8. The molecule has 1 fully saturated rings. The van der Waals surface area contributed by atoms with E-state index >= 15 is 0 Å². The van der Waals surface area contributed by atoms with Crippen LogP contribution in [0, 0.1) is 0 Å². The smallest absolute Gasteiger partial charge is 0.360 e. The van der Waals surface area contributed by atoms with Crippen LogP contribution in [0.1, 0.15) is 41.9 Å². The first-order valence-corrected chi connectivity index (χ1v) is 6.57. The molecule has 106 valence electrons. The van der Waals surface area contributed by atoms with E-state index in [1.165, 1.54) is 0 Å². The van der Waals surface area contributed by atoms with Gasteiger partial charge in [0, 0.05) is 5.92 Å². The van der Waals surface area contributed by atoms with Gasteiger partial charge in [-0.3, -0.25) is 0 Å². The number of esters is 1. The Kier molecular flexibility index (Phi) is 4.86. The van der Waals surface area contributed by atoms with Crippen molar-refractivity contribution in [1.29, 1.82) is 0 Å². The summed E-state index contributed by atoms with van der Waals surface area (Å²) < 4.78 is 11.9. The van der Waals surface area contributed by atoms with Crippen LogP contribution in [0.15, 0.2) is 0 Å². The molecule has 7 heteroatoms. The van der Waals surface area contributed by atoms with E-state index in [1.54, 1.807) is 11.6 Å². The number of nitrogens with zero attached hydrogens (tertiary/aromatic N) is 3. The Bertz CT molecular complexity index is 429. The lowest BCUT2D eigenvalue weighted by atomic mass is 10.2. The first kappa shape index (κ1) is 14.0. The molecule has 2 rings (SSSR count). The Balaban J connectivity index is 2.04. The molecule has 0 aliphatic heterocycles. The van der Waals surface area contributed by atoms with E-state index in [0.29, 0.717) is 38.0 Å². The summed E-state index contributed by atoms with van der Waals surface area (Å²) in [6.07, 6.45) is 2.11. The summed E-state index contributed by atoms with van der Waals surface area (Å²) in [7, 11) is 0. The molecule has 0 unspecified atom stereocenters. The van der Waals surface area contributed by atoms with Crippen LogP contribution in [-0.2, 0) is 16.0 Å². The largest absolute Gasteiger partial charge is 0.461 e. The van der Waals surface area contributed by atoms with Gasteiger partial charge < -0.3 is 14.6 Å². The Labute approximate surface area is 111 Å². The molecule has 1 aliphatic rings. The first-order valence-electron chi connectivity index (χ1n) is 6.57. The summed E-state index contributed by atoms with van der Waals surface area (Å²) in [6, 6.07) is 0. The number of rotatable bonds is 8. The van der Waals surface area contributed by atoms with Gasteiger partial charge in [0.15, 0.2) is 5.69 Å². The summed E-state index contributed by atoms with van der Waals surface area (Å²) in [6.45, 7) is 3.36. The third-order valence-corrected chi connectivity index (χ3v) is 2.89. The van der Waals surface area contributed by atoms with Crippen LogP contribution >= 0.6 is 0 Å². The topological polar surface area (TPSA) is 86.5 Å². The highest BCUT2D eigenvalue weighted by molar-refractivity contribution is 5.88. The second-order valence-corrected chi connectivity index (χ2v) is 4.38. The molecule has 7 nitrogen and oxygen atoms in total. The van der Waals surface area contributed by atoms with E-state index in [2.05, 4.69) is 10.3 Å². The van der Waals surface area contributed by atoms with Gasteiger partial charge in [-0.1, -0.05) is 5.21 Å². The van der Waals surface area contributed by atoms with Crippen LogP contribution < -0.4 is 0 Å². The van der Waals surface area contributed by atoms with Gasteiger partial charge in [-0.05, 0) is 19.8 Å². The van der Waals surface area contributed by atoms with Crippen molar-refractivity contribution in [2.45, 2.75) is 32.2 Å². The molecule has 0 atom stereocenters. The van der Waals surface area contributed by atoms with Crippen molar-refractivity contribution < 1.29 is 19.4 Å². The fourth-order valence-corrected chi connectivity index (χ4v) is 1.91. The molecule has 0 spiro atoms. The molecule has 1 aliphatic carbocycles. The summed E-state index contributed by atoms with van der Waals surface area (Å²) in [5.41, 5.74) is 1.18. The van der Waals surface area contributed by atoms with Crippen molar-refractivity contribution in [2.75, 3.05) is 26.4 Å². The van der Waals surface area contributed by atoms with Gasteiger partial charge in [-0.15, -0.1) is 5.10 Å². The molecule has 1 N–H and O–H groups in total. The van der Waals surface area contributed by atoms with E-state index in [-0.39, 0.29) is 6.61 Å². The van der Waals surface area contributed by atoms with Crippen LogP contribution in [0.2, 0.25) is 0 Å². The van der Waals surface area contributed by atoms with Crippen LogP contribution in [0.4, 0.5) is 0 Å². The van der Waals surface area contributed by atoms with E-state index in [4.69, 9.17) is 14.6 Å². The van der Waals surface area contributed by atoms with Crippen molar-refractivity contribution in [3.8, 4) is 0 Å². The predicted molar refractivity (Wildman–Crippen MR) is 65.9 cm³/mol. The quantitative estimate of drug-likeness (QED) is 0.541. The maximum absolute atomic E-state index is 11.8. The Morgan fingerprint density at radius 2 is 2.26 bits per heavy atom. The van der Waals surface area contributed by atoms with Crippen molar-refractivity contribution in [3.63, 3.8) is 0 Å². The Morgan fingerprint density at radius 3 is 2.89 bits per heavy atom. The second kappa shape index (κ2) is 6.63. The standard InChI is InChI=1S/C12H19N3O4/c1-2-19-12(17)10-11(9-3-4-9)15(14-13-10)5-7-18-8-6-16/h9,16H,2-8H2,1H3. The predicted octanol–water partition coefficient (Wildman–Crippen LogP) is 0.341. The second-order valence-electron chi connectivity index (χ2n) is 4.38. The molecule has 0 bridgehead atoms. The van der Waals surface area contributed by atoms with Gasteiger partial charge in [0.1, 0.15) is 0 Å². The van der Waals surface area contributed by atoms with Gasteiger partial charge in [0.05, 0.1) is 38.7 Å². The highest BCUT2D eigenvalue weighted by atomic mass is 16.5. The zero-order valence-corrected chi connectivity index (χ0v) is 11.0. The zero-order valence-electron chi connectivity index (χ0n) is 11.0. The fourth-order valence-electron chi connectivity index (χ4n) is 1.91. The monoisotopic (exact) mass is 269 g/mol. The molecule has 1 saturated carbocycles. The molecular formula is C12H19N3O4. The molecule has 1 heterocycles. The van der Waals surface area contributed by atoms with Gasteiger partial charge in [-0.25, -0.2) is 9.48 Å². The van der Waals surface area contributed by atoms with Crippen molar-refractivity contribution in [1.82, 2.24) is 15.0 Å². The number of aliphatic hydroxyl groups is 1. The molecule has 0 saturated heterocycles.